The molecule has 258 valence electrons. The molecule has 0 saturated carbocycles. The second-order valence-corrected chi connectivity index (χ2v) is 13.9. The van der Waals surface area contributed by atoms with Gasteiger partial charge in [0.15, 0.2) is 0 Å². The van der Waals surface area contributed by atoms with Crippen molar-refractivity contribution >= 4 is 5.91 Å². The van der Waals surface area contributed by atoms with Crippen molar-refractivity contribution in [3.63, 3.8) is 0 Å². The number of unbranched alkanes of at least 4 members (excludes halogenated alkanes) is 13. The first kappa shape index (κ1) is 37.9. The Labute approximate surface area is 282 Å². The lowest BCUT2D eigenvalue weighted by atomic mass is 9.92. The molecule has 2 aromatic carbocycles. The van der Waals surface area contributed by atoms with Gasteiger partial charge in [0.05, 0.1) is 20.3 Å². The zero-order valence-electron chi connectivity index (χ0n) is 30.7. The maximum Gasteiger partial charge on any atom is 0.239 e. The summed E-state index contributed by atoms with van der Waals surface area (Å²) in [4.78, 5) is 16.2. The summed E-state index contributed by atoms with van der Waals surface area (Å²) < 4.78 is 11.5. The Morgan fingerprint density at radius 3 is 1.43 bits per heavy atom. The molecule has 1 amide bonds. The van der Waals surface area contributed by atoms with Gasteiger partial charge in [-0.3, -0.25) is 9.69 Å². The number of nitrogens with one attached hydrogen (secondary N) is 1. The maximum absolute atomic E-state index is 13.7. The third kappa shape index (κ3) is 10.8. The lowest BCUT2D eigenvalue weighted by Crippen LogP contribution is -2.32. The smallest absolute Gasteiger partial charge is 0.239 e. The molecule has 5 nitrogen and oxygen atoms in total. The normalized spacial score (nSPS) is 17.4. The van der Waals surface area contributed by atoms with Crippen LogP contribution in [0.15, 0.2) is 24.3 Å². The van der Waals surface area contributed by atoms with E-state index in [2.05, 4.69) is 76.0 Å². The minimum atomic E-state index is -0.107. The van der Waals surface area contributed by atoms with Gasteiger partial charge in [-0.1, -0.05) is 128 Å². The number of nitrogens with zero attached hydrogens (tertiary/aromatic N) is 1. The van der Waals surface area contributed by atoms with Crippen LogP contribution in [0.25, 0.3) is 0 Å². The van der Waals surface area contributed by atoms with Gasteiger partial charge >= 0.3 is 0 Å². The average Bonchev–Trinajstić information content (AvgIpc) is 3.72. The van der Waals surface area contributed by atoms with E-state index >= 15 is 0 Å². The van der Waals surface area contributed by atoms with Crippen LogP contribution in [-0.4, -0.2) is 43.7 Å². The Morgan fingerprint density at radius 1 is 0.652 bits per heavy atom. The molecular weight excluding hydrogens is 568 g/mol. The number of aryl methyl sites for hydroxylation is 4. The van der Waals surface area contributed by atoms with Crippen LogP contribution in [0.4, 0.5) is 0 Å². The predicted molar refractivity (Wildman–Crippen MR) is 194 cm³/mol. The van der Waals surface area contributed by atoms with Crippen LogP contribution in [0.5, 0.6) is 11.5 Å². The highest BCUT2D eigenvalue weighted by atomic mass is 16.5. The fraction of sp³-hybridized carbons (Fsp3) is 0.683. The van der Waals surface area contributed by atoms with E-state index in [4.69, 9.17) is 9.47 Å². The van der Waals surface area contributed by atoms with Gasteiger partial charge in [-0.15, -0.1) is 0 Å². The van der Waals surface area contributed by atoms with Crippen molar-refractivity contribution in [3.8, 4) is 11.5 Å². The lowest BCUT2D eigenvalue weighted by Gasteiger charge is -2.25. The first-order chi connectivity index (χ1) is 22.3. The molecule has 1 saturated heterocycles. The van der Waals surface area contributed by atoms with Crippen LogP contribution < -0.4 is 14.8 Å². The van der Waals surface area contributed by atoms with E-state index in [1.165, 1.54) is 94.6 Å². The van der Waals surface area contributed by atoms with Gasteiger partial charge < -0.3 is 14.8 Å². The van der Waals surface area contributed by atoms with Crippen LogP contribution in [0.1, 0.15) is 156 Å². The zero-order chi connectivity index (χ0) is 33.5. The fourth-order valence-corrected chi connectivity index (χ4v) is 7.60. The molecule has 0 bridgehead atoms. The molecule has 46 heavy (non-hydrogen) atoms. The second kappa shape index (κ2) is 20.0. The lowest BCUT2D eigenvalue weighted by molar-refractivity contribution is -0.121. The topological polar surface area (TPSA) is 50.6 Å². The minimum Gasteiger partial charge on any atom is -0.496 e. The SMILES string of the molecule is CCCCCCCCCCCCCCC[C@H]1[C@H](C(=O)NCCCC)N1C(c1cc(C)c(OC)c(C)c1)c1cc(C)c(OC)c(C)c1. The molecule has 1 aliphatic heterocycles. The summed E-state index contributed by atoms with van der Waals surface area (Å²) in [5.41, 5.74) is 6.95. The molecular formula is C41H66N2O3. The van der Waals surface area contributed by atoms with Crippen molar-refractivity contribution < 1.29 is 14.3 Å². The number of carbonyl (C=O) groups is 1. The average molecular weight is 635 g/mol. The third-order valence-corrected chi connectivity index (χ3v) is 9.98. The molecule has 1 unspecified atom stereocenters. The highest BCUT2D eigenvalue weighted by molar-refractivity contribution is 5.86. The van der Waals surface area contributed by atoms with E-state index in [1.807, 2.05) is 0 Å². The summed E-state index contributed by atoms with van der Waals surface area (Å²) in [7, 11) is 3.49. The summed E-state index contributed by atoms with van der Waals surface area (Å²) in [6.45, 7) is 13.7. The highest BCUT2D eigenvalue weighted by Gasteiger charge is 2.55. The Morgan fingerprint density at radius 2 is 1.04 bits per heavy atom. The largest absolute Gasteiger partial charge is 0.496 e. The van der Waals surface area contributed by atoms with Gasteiger partial charge in [-0.2, -0.15) is 0 Å². The van der Waals surface area contributed by atoms with Crippen LogP contribution in [-0.2, 0) is 4.79 Å². The van der Waals surface area contributed by atoms with Crippen LogP contribution in [0.3, 0.4) is 0 Å². The molecule has 1 fully saturated rings. The summed E-state index contributed by atoms with van der Waals surface area (Å²) in [5.74, 6) is 2.06. The summed E-state index contributed by atoms with van der Waals surface area (Å²) in [5, 5.41) is 3.27. The number of amides is 1. The zero-order valence-corrected chi connectivity index (χ0v) is 30.7. The van der Waals surface area contributed by atoms with Crippen LogP contribution in [0.2, 0.25) is 0 Å². The Balaban J connectivity index is 1.72. The standard InChI is InChI=1S/C41H66N2O3/c1-9-11-13-14-15-16-17-18-19-20-21-22-23-24-36-38(41(44)42-25-12-10-2)43(36)37(34-26-30(3)39(45-7)31(4)27-34)35-28-32(5)40(46-8)33(6)29-35/h26-29,36-38H,9-25H2,1-8H3,(H,42,44)/t36-,38+,43?/m0/s1. The van der Waals surface area contributed by atoms with Crippen molar-refractivity contribution in [1.82, 2.24) is 10.2 Å². The summed E-state index contributed by atoms with van der Waals surface area (Å²) in [6.07, 6.45) is 20.7. The molecule has 1 N–H and O–H groups in total. The Hall–Kier alpha value is -2.53. The van der Waals surface area contributed by atoms with E-state index in [0.717, 1.165) is 59.6 Å². The number of benzene rings is 2. The van der Waals surface area contributed by atoms with Crippen LogP contribution in [0, 0.1) is 27.7 Å². The number of hydrogen-bond acceptors (Lipinski definition) is 4. The first-order valence-corrected chi connectivity index (χ1v) is 18.6. The number of ether oxygens (including phenoxy) is 2. The van der Waals surface area contributed by atoms with Gasteiger partial charge in [-0.05, 0) is 73.9 Å². The van der Waals surface area contributed by atoms with Gasteiger partial charge in [0.2, 0.25) is 5.91 Å². The highest BCUT2D eigenvalue weighted by Crippen LogP contribution is 2.47. The van der Waals surface area contributed by atoms with E-state index in [0.29, 0.717) is 0 Å². The quantitative estimate of drug-likeness (QED) is 0.0976. The number of hydrogen-bond donors (Lipinski definition) is 1. The van der Waals surface area contributed by atoms with Crippen molar-refractivity contribution in [2.75, 3.05) is 20.8 Å². The van der Waals surface area contributed by atoms with Crippen molar-refractivity contribution in [2.24, 2.45) is 0 Å². The first-order valence-electron chi connectivity index (χ1n) is 18.6. The van der Waals surface area contributed by atoms with Gasteiger partial charge in [0, 0.05) is 12.6 Å². The van der Waals surface area contributed by atoms with Gasteiger partial charge in [0.25, 0.3) is 0 Å². The van der Waals surface area contributed by atoms with E-state index in [9.17, 15) is 4.79 Å². The summed E-state index contributed by atoms with van der Waals surface area (Å²) >= 11 is 0. The molecule has 3 rings (SSSR count). The molecule has 1 aliphatic rings. The molecule has 0 radical (unpaired) electrons. The molecule has 1 heterocycles. The van der Waals surface area contributed by atoms with Crippen molar-refractivity contribution in [2.45, 2.75) is 162 Å². The van der Waals surface area contributed by atoms with Crippen molar-refractivity contribution in [3.05, 3.63) is 57.6 Å². The fourth-order valence-electron chi connectivity index (χ4n) is 7.60. The Kier molecular flexibility index (Phi) is 16.5. The molecule has 5 heteroatoms. The Bertz CT molecular complexity index is 1100. The number of carbonyl (C=O) groups excluding carboxylic acids is 1. The molecule has 3 atom stereocenters. The molecule has 0 aromatic heterocycles. The van der Waals surface area contributed by atoms with Crippen LogP contribution >= 0.6 is 0 Å². The van der Waals surface area contributed by atoms with E-state index in [1.54, 1.807) is 14.2 Å². The van der Waals surface area contributed by atoms with E-state index in [-0.39, 0.29) is 24.0 Å². The molecule has 0 aliphatic carbocycles. The maximum atomic E-state index is 13.7. The third-order valence-electron chi connectivity index (χ3n) is 9.98. The van der Waals surface area contributed by atoms with Gasteiger partial charge in [-0.25, -0.2) is 0 Å². The number of methoxy groups -OCH3 is 2. The molecule has 0 spiro atoms. The number of rotatable bonds is 23. The van der Waals surface area contributed by atoms with E-state index < -0.39 is 0 Å². The van der Waals surface area contributed by atoms with Gasteiger partial charge in [0.1, 0.15) is 17.5 Å². The molecule has 2 aromatic rings. The minimum absolute atomic E-state index is 0.0134. The monoisotopic (exact) mass is 635 g/mol. The second-order valence-electron chi connectivity index (χ2n) is 13.9. The predicted octanol–water partition coefficient (Wildman–Crippen LogP) is 10.5. The summed E-state index contributed by atoms with van der Waals surface area (Å²) in [6, 6.07) is 9.17. The van der Waals surface area contributed by atoms with Crippen molar-refractivity contribution in [1.29, 1.82) is 0 Å².